The molecule has 0 spiro atoms. The van der Waals surface area contributed by atoms with E-state index in [9.17, 15) is 0 Å². The minimum absolute atomic E-state index is 0. The molecule has 0 aliphatic carbocycles. The van der Waals surface area contributed by atoms with Gasteiger partial charge in [0, 0.05) is 0 Å². The molecule has 15 heteroatoms. The van der Waals surface area contributed by atoms with E-state index in [0.29, 0.717) is 0 Å². The Morgan fingerprint density at radius 2 is 0.526 bits per heavy atom. The van der Waals surface area contributed by atoms with Crippen molar-refractivity contribution in [2.45, 2.75) is 0 Å². The zero-order chi connectivity index (χ0) is 10.3. The van der Waals surface area contributed by atoms with Crippen LogP contribution in [0.2, 0.25) is 0 Å². The van der Waals surface area contributed by atoms with Crippen LogP contribution in [-0.4, -0.2) is 23.9 Å². The van der Waals surface area contributed by atoms with Gasteiger partial charge in [0.15, 0.2) is 0 Å². The van der Waals surface area contributed by atoms with E-state index in [1.165, 1.54) is 0 Å². The topological polar surface area (TPSA) is 301 Å². The van der Waals surface area contributed by atoms with E-state index >= 15 is 0 Å². The monoisotopic (exact) mass is 653 g/mol. The van der Waals surface area contributed by atoms with Crippen molar-refractivity contribution in [1.82, 2.24) is 24.6 Å². The number of carbonyl (C=O) groups is 4. The van der Waals surface area contributed by atoms with Crippen molar-refractivity contribution in [3.8, 4) is 0 Å². The molecular formula is C4H12Ag2N4O8Pt. The van der Waals surface area contributed by atoms with E-state index in [-0.39, 0.29) is 90.4 Å². The molecule has 0 saturated carbocycles. The summed E-state index contributed by atoms with van der Waals surface area (Å²) in [5.74, 6) is -8.74. The van der Waals surface area contributed by atoms with E-state index in [2.05, 4.69) is 0 Å². The normalized spacial score (nSPS) is 4.63. The number of aliphatic carboxylic acids is 4. The summed E-state index contributed by atoms with van der Waals surface area (Å²) in [5.41, 5.74) is 0. The fourth-order valence-electron chi connectivity index (χ4n) is 0. The minimum Gasteiger partial charge on any atom is -0.543 e. The van der Waals surface area contributed by atoms with Crippen LogP contribution in [0.15, 0.2) is 0 Å². The molecule has 0 rings (SSSR count). The number of hydrogen-bond donors (Lipinski definition) is 4. The Kier molecular flexibility index (Phi) is 117. The van der Waals surface area contributed by atoms with Crippen LogP contribution in [0.5, 0.6) is 0 Å². The van der Waals surface area contributed by atoms with Crippen molar-refractivity contribution in [2.24, 2.45) is 0 Å². The zero-order valence-electron chi connectivity index (χ0n) is 9.01. The summed E-state index contributed by atoms with van der Waals surface area (Å²) in [7, 11) is 0. The Morgan fingerprint density at radius 1 is 0.474 bits per heavy atom. The van der Waals surface area contributed by atoms with Crippen molar-refractivity contribution >= 4 is 23.9 Å². The third kappa shape index (κ3) is 72.6. The number of rotatable bonds is 0. The molecule has 0 radical (unpaired) electrons. The molecule has 0 saturated heterocycles. The Labute approximate surface area is 153 Å². The molecule has 128 valence electrons. The number of hydrogen-bond acceptors (Lipinski definition) is 12. The second kappa shape index (κ2) is 36.1. The van der Waals surface area contributed by atoms with Gasteiger partial charge in [-0.2, -0.15) is 0 Å². The van der Waals surface area contributed by atoms with Crippen LogP contribution in [-0.2, 0) is 85.0 Å². The summed E-state index contributed by atoms with van der Waals surface area (Å²) < 4.78 is 0. The summed E-state index contributed by atoms with van der Waals surface area (Å²) in [5, 5.41) is 35.7. The van der Waals surface area contributed by atoms with E-state index in [0.717, 1.165) is 0 Å². The largest absolute Gasteiger partial charge is 2.00 e. The van der Waals surface area contributed by atoms with Crippen LogP contribution in [0, 0.1) is 0 Å². The number of carboxylic acids is 4. The van der Waals surface area contributed by atoms with Crippen LogP contribution in [0.4, 0.5) is 0 Å². The SMILES string of the molecule is N.N.N.N.O=C([O-])C(=O)[O-].O=C([O-])C(=O)[O-].[Ag+].[Ag+].[Pt+2]. The molecule has 0 aromatic carbocycles. The first-order valence-corrected chi connectivity index (χ1v) is 2.13. The molecule has 0 aromatic heterocycles. The van der Waals surface area contributed by atoms with Gasteiger partial charge in [-0.25, -0.2) is 0 Å². The molecule has 0 heterocycles. The summed E-state index contributed by atoms with van der Waals surface area (Å²) in [6.07, 6.45) is 0. The van der Waals surface area contributed by atoms with Crippen molar-refractivity contribution in [3.05, 3.63) is 0 Å². The molecule has 0 atom stereocenters. The fraction of sp³-hybridized carbons (Fsp3) is 0. The number of carboxylic acid groups (broad SMARTS) is 4. The van der Waals surface area contributed by atoms with Crippen molar-refractivity contribution in [3.63, 3.8) is 0 Å². The molecule has 12 N–H and O–H groups in total. The molecule has 12 nitrogen and oxygen atoms in total. The smallest absolute Gasteiger partial charge is 0.543 e. The zero-order valence-corrected chi connectivity index (χ0v) is 14.3. The molecule has 0 aromatic rings. The molecule has 0 aliphatic rings. The first kappa shape index (κ1) is 61.8. The maximum Gasteiger partial charge on any atom is 2.00 e. The number of carbonyl (C=O) groups excluding carboxylic acids is 4. The predicted octanol–water partition coefficient (Wildman–Crippen LogP) is -6.39. The van der Waals surface area contributed by atoms with Crippen molar-refractivity contribution < 1.29 is 105 Å². The first-order valence-electron chi connectivity index (χ1n) is 2.13. The molecule has 19 heavy (non-hydrogen) atoms. The van der Waals surface area contributed by atoms with Gasteiger partial charge in [0.25, 0.3) is 0 Å². The second-order valence-electron chi connectivity index (χ2n) is 1.15. The van der Waals surface area contributed by atoms with Crippen molar-refractivity contribution in [1.29, 1.82) is 0 Å². The Balaban J connectivity index is -0.0000000110. The van der Waals surface area contributed by atoms with Gasteiger partial charge in [-0.15, -0.1) is 0 Å². The second-order valence-corrected chi connectivity index (χ2v) is 1.15. The van der Waals surface area contributed by atoms with Crippen LogP contribution in [0.3, 0.4) is 0 Å². The molecule has 0 unspecified atom stereocenters. The molecule has 0 bridgehead atoms. The average Bonchev–Trinajstić information content (AvgIpc) is 1.88. The van der Waals surface area contributed by atoms with Crippen LogP contribution >= 0.6 is 0 Å². The van der Waals surface area contributed by atoms with Gasteiger partial charge >= 0.3 is 65.8 Å². The summed E-state index contributed by atoms with van der Waals surface area (Å²) in [6, 6.07) is 0. The maximum atomic E-state index is 8.93. The Hall–Kier alpha value is -0.111. The Morgan fingerprint density at radius 3 is 0.526 bits per heavy atom. The summed E-state index contributed by atoms with van der Waals surface area (Å²) in [4.78, 5) is 35.7. The van der Waals surface area contributed by atoms with Gasteiger partial charge in [-0.05, 0) is 0 Å². The van der Waals surface area contributed by atoms with Gasteiger partial charge in [-0.1, -0.05) is 0 Å². The summed E-state index contributed by atoms with van der Waals surface area (Å²) >= 11 is 0. The van der Waals surface area contributed by atoms with Crippen LogP contribution < -0.4 is 45.0 Å². The van der Waals surface area contributed by atoms with E-state index < -0.39 is 23.9 Å². The van der Waals surface area contributed by atoms with Gasteiger partial charge < -0.3 is 64.2 Å². The summed E-state index contributed by atoms with van der Waals surface area (Å²) in [6.45, 7) is 0. The van der Waals surface area contributed by atoms with Crippen LogP contribution in [0.25, 0.3) is 0 Å². The van der Waals surface area contributed by atoms with E-state index in [4.69, 9.17) is 39.6 Å². The molecule has 0 aliphatic heterocycles. The van der Waals surface area contributed by atoms with Crippen molar-refractivity contribution in [2.75, 3.05) is 0 Å². The van der Waals surface area contributed by atoms with Gasteiger partial charge in [-0.3, -0.25) is 0 Å². The predicted molar refractivity (Wildman–Crippen MR) is 40.1 cm³/mol. The molecular weight excluding hydrogens is 643 g/mol. The van der Waals surface area contributed by atoms with Gasteiger partial charge in [0.1, 0.15) is 0 Å². The molecule has 0 amide bonds. The van der Waals surface area contributed by atoms with Crippen LogP contribution in [0.1, 0.15) is 0 Å². The third-order valence-corrected chi connectivity index (χ3v) is 0.333. The van der Waals surface area contributed by atoms with E-state index in [1.807, 2.05) is 0 Å². The van der Waals surface area contributed by atoms with E-state index in [1.54, 1.807) is 0 Å². The Bertz CT molecular complexity index is 195. The minimum atomic E-state index is -2.19. The molecule has 0 fully saturated rings. The first-order chi connectivity index (χ1) is 5.29. The quantitative estimate of drug-likeness (QED) is 0.140. The van der Waals surface area contributed by atoms with Gasteiger partial charge in [0.2, 0.25) is 0 Å². The fourth-order valence-corrected chi connectivity index (χ4v) is 0. The third-order valence-electron chi connectivity index (χ3n) is 0.333. The average molecular weight is 655 g/mol. The van der Waals surface area contributed by atoms with Gasteiger partial charge in [0.05, 0.1) is 23.9 Å². The maximum absolute atomic E-state index is 8.93. The standard InChI is InChI=1S/2C2H2O4.2Ag.4H3N.Pt/c2*3-1(4)2(5)6;;;;;;;/h2*(H,3,4)(H,5,6);;;4*1H3;/q;;2*+1;;;;;+2/p-4.